The summed E-state index contributed by atoms with van der Waals surface area (Å²) in [5, 5.41) is -0.158. The number of hydrogen-bond acceptors (Lipinski definition) is 3. The Bertz CT molecular complexity index is 2690. The van der Waals surface area contributed by atoms with E-state index in [1.807, 2.05) is 109 Å². The van der Waals surface area contributed by atoms with Crippen LogP contribution < -0.4 is 5.19 Å². The Balaban J connectivity index is 1.19. The lowest BCUT2D eigenvalue weighted by Gasteiger charge is -2.17. The third-order valence-corrected chi connectivity index (χ3v) is 10.3. The molecule has 0 atom stereocenters. The highest BCUT2D eigenvalue weighted by Crippen LogP contribution is 2.32. The molecule has 0 fully saturated rings. The van der Waals surface area contributed by atoms with Crippen LogP contribution in [0.5, 0.6) is 0 Å². The minimum absolute atomic E-state index is 0.158. The maximum absolute atomic E-state index is 8.16. The van der Waals surface area contributed by atoms with E-state index in [0.717, 1.165) is 55.6 Å². The molecule has 3 nitrogen and oxygen atoms in total. The molecule has 0 saturated carbocycles. The molecule has 0 saturated heterocycles. The van der Waals surface area contributed by atoms with Crippen molar-refractivity contribution in [3.8, 4) is 78.7 Å². The lowest BCUT2D eigenvalue weighted by atomic mass is 9.98. The Morgan fingerprint density at radius 1 is 0.308 bits per heavy atom. The number of rotatable bonds is 8. The Morgan fingerprint density at radius 3 is 0.962 bits per heavy atom. The van der Waals surface area contributed by atoms with Gasteiger partial charge < -0.3 is 0 Å². The van der Waals surface area contributed by atoms with Crippen molar-refractivity contribution in [2.75, 3.05) is 0 Å². The van der Waals surface area contributed by atoms with E-state index in [-0.39, 0.29) is 5.19 Å². The summed E-state index contributed by atoms with van der Waals surface area (Å²) < 4.78 is 73.5. The van der Waals surface area contributed by atoms with Gasteiger partial charge in [-0.25, -0.2) is 15.0 Å². The van der Waals surface area contributed by atoms with Crippen LogP contribution in [0.2, 0.25) is 19.4 Å². The molecule has 0 N–H and O–H groups in total. The van der Waals surface area contributed by atoms with Gasteiger partial charge >= 0.3 is 0 Å². The summed E-state index contributed by atoms with van der Waals surface area (Å²) in [6.45, 7) is -9.60. The largest absolute Gasteiger partial charge is 0.208 e. The molecule has 52 heavy (non-hydrogen) atoms. The predicted octanol–water partition coefficient (Wildman–Crippen LogP) is 12.1. The standard InChI is InChI=1S/C48H39N3Si/c1-52(2,3)45-28-26-36(27-29-45)37-18-10-21-40(30-37)41-22-13-25-44(33-41)48-50-46(42-23-11-19-38(31-42)34-14-6-4-7-15-34)49-47(51-48)43-24-12-20-39(32-43)35-16-8-5-9-17-35/h4-33H,1-3H3/i1D3,2D3,3D3. The lowest BCUT2D eigenvalue weighted by molar-refractivity contribution is 1.07. The first-order valence-corrected chi connectivity index (χ1v) is 19.0. The molecule has 0 aliphatic carbocycles. The number of hydrogen-bond donors (Lipinski definition) is 0. The highest BCUT2D eigenvalue weighted by Gasteiger charge is 2.17. The summed E-state index contributed by atoms with van der Waals surface area (Å²) in [7, 11) is -5.11. The fourth-order valence-electron chi connectivity index (χ4n) is 6.33. The number of aromatic nitrogens is 3. The predicted molar refractivity (Wildman–Crippen MR) is 221 cm³/mol. The summed E-state index contributed by atoms with van der Waals surface area (Å²) in [4.78, 5) is 15.2. The van der Waals surface area contributed by atoms with Crippen LogP contribution in [0.25, 0.3) is 78.7 Å². The molecule has 0 radical (unpaired) electrons. The highest BCUT2D eigenvalue weighted by molar-refractivity contribution is 6.88. The summed E-state index contributed by atoms with van der Waals surface area (Å²) in [5.74, 6) is 1.55. The van der Waals surface area contributed by atoms with Crippen LogP contribution in [0.3, 0.4) is 0 Å². The van der Waals surface area contributed by atoms with Gasteiger partial charge in [-0.2, -0.15) is 0 Å². The first-order valence-electron chi connectivity index (χ1n) is 21.5. The van der Waals surface area contributed by atoms with Crippen LogP contribution >= 0.6 is 0 Å². The Kier molecular flexibility index (Phi) is 6.56. The van der Waals surface area contributed by atoms with Crippen molar-refractivity contribution in [2.24, 2.45) is 0 Å². The molecule has 0 bridgehead atoms. The van der Waals surface area contributed by atoms with Crippen LogP contribution in [-0.2, 0) is 0 Å². The average molecular weight is 695 g/mol. The molecule has 1 heterocycles. The lowest BCUT2D eigenvalue weighted by Crippen LogP contribution is -2.37. The molecule has 8 aromatic rings. The SMILES string of the molecule is [2H]C([2H])([2H])[Si](c1ccc(-c2cccc(-c3cccc(-c4nc(-c5cccc(-c6ccccc6)c5)nc(-c5cccc(-c6ccccc6)c5)n4)c3)c2)cc1)(C([2H])([2H])[2H])C([2H])([2H])[2H]. The van der Waals surface area contributed by atoms with E-state index >= 15 is 0 Å². The zero-order valence-electron chi connectivity index (χ0n) is 37.2. The van der Waals surface area contributed by atoms with E-state index in [0.29, 0.717) is 23.0 Å². The second-order valence-corrected chi connectivity index (χ2v) is 14.8. The molecule has 4 heteroatoms. The molecule has 8 rings (SSSR count). The molecule has 1 aromatic heterocycles. The first-order chi connectivity index (χ1) is 29.1. The average Bonchev–Trinajstić information content (AvgIpc) is 3.26. The highest BCUT2D eigenvalue weighted by atomic mass is 28.3. The van der Waals surface area contributed by atoms with E-state index in [9.17, 15) is 0 Å². The van der Waals surface area contributed by atoms with E-state index in [1.54, 1.807) is 12.1 Å². The van der Waals surface area contributed by atoms with Gasteiger partial charge in [0.25, 0.3) is 0 Å². The van der Waals surface area contributed by atoms with Crippen LogP contribution in [0.1, 0.15) is 12.3 Å². The van der Waals surface area contributed by atoms with Gasteiger partial charge in [-0.15, -0.1) is 0 Å². The van der Waals surface area contributed by atoms with Crippen LogP contribution in [0.15, 0.2) is 182 Å². The topological polar surface area (TPSA) is 38.7 Å². The smallest absolute Gasteiger partial charge is 0.164 e. The Labute approximate surface area is 320 Å². The van der Waals surface area contributed by atoms with E-state index < -0.39 is 27.5 Å². The fraction of sp³-hybridized carbons (Fsp3) is 0.0625. The summed E-state index contributed by atoms with van der Waals surface area (Å²) in [5.41, 5.74) is 9.91. The summed E-state index contributed by atoms with van der Waals surface area (Å²) in [6.07, 6.45) is 0. The van der Waals surface area contributed by atoms with Gasteiger partial charge in [-0.05, 0) is 68.8 Å². The zero-order valence-corrected chi connectivity index (χ0v) is 29.2. The number of nitrogens with zero attached hydrogens (tertiary/aromatic N) is 3. The van der Waals surface area contributed by atoms with Crippen LogP contribution in [-0.4, -0.2) is 23.0 Å². The molecule has 7 aromatic carbocycles. The van der Waals surface area contributed by atoms with Crippen molar-refractivity contribution >= 4 is 13.3 Å². The van der Waals surface area contributed by atoms with Crippen LogP contribution in [0, 0.1) is 0 Å². The summed E-state index contributed by atoms with van der Waals surface area (Å²) in [6, 6.07) is 58.2. The van der Waals surface area contributed by atoms with Crippen LogP contribution in [0.4, 0.5) is 0 Å². The molecule has 0 aliphatic heterocycles. The van der Waals surface area contributed by atoms with Gasteiger partial charge in [0.2, 0.25) is 0 Å². The fourth-order valence-corrected chi connectivity index (χ4v) is 7.00. The van der Waals surface area contributed by atoms with E-state index in [4.69, 9.17) is 27.3 Å². The van der Waals surface area contributed by atoms with Crippen molar-refractivity contribution in [2.45, 2.75) is 19.4 Å². The van der Waals surface area contributed by atoms with Crippen molar-refractivity contribution in [3.05, 3.63) is 182 Å². The summed E-state index contributed by atoms with van der Waals surface area (Å²) >= 11 is 0. The second kappa shape index (κ2) is 14.2. The van der Waals surface area contributed by atoms with Gasteiger partial charge in [-0.3, -0.25) is 0 Å². The van der Waals surface area contributed by atoms with Crippen molar-refractivity contribution < 1.29 is 12.3 Å². The number of benzene rings is 7. The van der Waals surface area contributed by atoms with Crippen molar-refractivity contribution in [1.29, 1.82) is 0 Å². The Hall–Kier alpha value is -6.23. The quantitative estimate of drug-likeness (QED) is 0.149. The van der Waals surface area contributed by atoms with Crippen molar-refractivity contribution in [3.63, 3.8) is 0 Å². The molecular weight excluding hydrogens is 647 g/mol. The van der Waals surface area contributed by atoms with Gasteiger partial charge in [0.1, 0.15) is 0 Å². The minimum atomic E-state index is -5.11. The van der Waals surface area contributed by atoms with E-state index in [1.165, 1.54) is 12.1 Å². The molecular formula is C48H39N3Si. The Morgan fingerprint density at radius 2 is 0.596 bits per heavy atom. The normalized spacial score (nSPS) is 14.7. The maximum atomic E-state index is 8.16. The minimum Gasteiger partial charge on any atom is -0.208 e. The first kappa shape index (κ1) is 24.0. The molecule has 0 amide bonds. The third-order valence-electron chi connectivity index (χ3n) is 9.06. The van der Waals surface area contributed by atoms with Gasteiger partial charge in [-0.1, -0.05) is 182 Å². The maximum Gasteiger partial charge on any atom is 0.164 e. The van der Waals surface area contributed by atoms with Gasteiger partial charge in [0.15, 0.2) is 17.5 Å². The molecule has 0 aliphatic rings. The van der Waals surface area contributed by atoms with E-state index in [2.05, 4.69) is 48.5 Å². The second-order valence-electron chi connectivity index (χ2n) is 12.7. The monoisotopic (exact) mass is 694 g/mol. The van der Waals surface area contributed by atoms with Crippen molar-refractivity contribution in [1.82, 2.24) is 15.0 Å². The van der Waals surface area contributed by atoms with Gasteiger partial charge in [0.05, 0.1) is 8.07 Å². The van der Waals surface area contributed by atoms with Gasteiger partial charge in [0, 0.05) is 29.0 Å². The third kappa shape index (κ3) is 7.16. The zero-order chi connectivity index (χ0) is 43.0. The molecule has 0 spiro atoms. The molecule has 0 unspecified atom stereocenters. The molecule has 250 valence electrons.